The maximum Gasteiger partial charge on any atom is 0.242 e. The van der Waals surface area contributed by atoms with Crippen molar-refractivity contribution in [2.24, 2.45) is 0 Å². The SMILES string of the molecule is CC(C(=O)NC(C)(C)C)N(Cc1ccc(Cl)cc1Cl)C(=O)Cc1ccc(F)cc1. The number of hydrogen-bond donors (Lipinski definition) is 1. The standard InChI is InChI=1S/C22H25Cl2FN2O2/c1-14(21(29)26-22(2,3)4)27(13-16-7-8-17(23)12-19(16)24)20(28)11-15-5-9-18(25)10-6-15/h5-10,12,14H,11,13H2,1-4H3,(H,26,29). The first kappa shape index (κ1) is 23.2. The van der Waals surface area contributed by atoms with Gasteiger partial charge in [0.05, 0.1) is 6.42 Å². The van der Waals surface area contributed by atoms with Gasteiger partial charge in [0.25, 0.3) is 0 Å². The Hall–Kier alpha value is -2.11. The number of nitrogens with zero attached hydrogens (tertiary/aromatic N) is 1. The van der Waals surface area contributed by atoms with E-state index in [1.807, 2.05) is 20.8 Å². The Morgan fingerprint density at radius 1 is 1.10 bits per heavy atom. The Morgan fingerprint density at radius 2 is 1.72 bits per heavy atom. The second-order valence-electron chi connectivity index (χ2n) is 7.98. The molecule has 0 radical (unpaired) electrons. The molecule has 0 bridgehead atoms. The molecule has 1 atom stereocenters. The fourth-order valence-corrected chi connectivity index (χ4v) is 3.24. The topological polar surface area (TPSA) is 49.4 Å². The number of carbonyl (C=O) groups excluding carboxylic acids is 2. The van der Waals surface area contributed by atoms with Crippen LogP contribution in [0.1, 0.15) is 38.8 Å². The minimum atomic E-state index is -0.728. The highest BCUT2D eigenvalue weighted by Gasteiger charge is 2.28. The van der Waals surface area contributed by atoms with Crippen LogP contribution in [0.25, 0.3) is 0 Å². The van der Waals surface area contributed by atoms with Gasteiger partial charge in [0, 0.05) is 22.1 Å². The predicted octanol–water partition coefficient (Wildman–Crippen LogP) is 5.01. The van der Waals surface area contributed by atoms with Gasteiger partial charge in [-0.3, -0.25) is 9.59 Å². The average Bonchev–Trinajstić information content (AvgIpc) is 2.61. The van der Waals surface area contributed by atoms with Crippen molar-refractivity contribution in [3.63, 3.8) is 0 Å². The van der Waals surface area contributed by atoms with Crippen molar-refractivity contribution in [1.82, 2.24) is 10.2 Å². The highest BCUT2D eigenvalue weighted by atomic mass is 35.5. The summed E-state index contributed by atoms with van der Waals surface area (Å²) in [5, 5.41) is 3.80. The summed E-state index contributed by atoms with van der Waals surface area (Å²) in [5.74, 6) is -0.904. The first-order valence-electron chi connectivity index (χ1n) is 9.26. The van der Waals surface area contributed by atoms with Crippen LogP contribution >= 0.6 is 23.2 Å². The van der Waals surface area contributed by atoms with Gasteiger partial charge in [-0.15, -0.1) is 0 Å². The maximum atomic E-state index is 13.2. The zero-order valence-corrected chi connectivity index (χ0v) is 18.4. The fourth-order valence-electron chi connectivity index (χ4n) is 2.77. The van der Waals surface area contributed by atoms with Crippen molar-refractivity contribution in [2.75, 3.05) is 0 Å². The van der Waals surface area contributed by atoms with Crippen LogP contribution in [0.4, 0.5) is 4.39 Å². The molecule has 1 N–H and O–H groups in total. The van der Waals surface area contributed by atoms with Gasteiger partial charge < -0.3 is 10.2 Å². The molecular weight excluding hydrogens is 414 g/mol. The lowest BCUT2D eigenvalue weighted by Gasteiger charge is -2.31. The Bertz CT molecular complexity index is 879. The number of halogens is 3. The summed E-state index contributed by atoms with van der Waals surface area (Å²) in [6.45, 7) is 7.44. The average molecular weight is 439 g/mol. The van der Waals surface area contributed by atoms with E-state index in [1.165, 1.54) is 17.0 Å². The van der Waals surface area contributed by atoms with Crippen LogP contribution in [0.5, 0.6) is 0 Å². The summed E-state index contributed by atoms with van der Waals surface area (Å²) in [4.78, 5) is 27.3. The molecule has 0 spiro atoms. The van der Waals surface area contributed by atoms with E-state index in [-0.39, 0.29) is 30.6 Å². The third-order valence-corrected chi connectivity index (χ3v) is 4.88. The molecule has 0 saturated heterocycles. The molecule has 2 aromatic carbocycles. The summed E-state index contributed by atoms with van der Waals surface area (Å²) < 4.78 is 13.2. The van der Waals surface area contributed by atoms with Crippen molar-refractivity contribution in [2.45, 2.75) is 52.2 Å². The number of amides is 2. The normalized spacial score (nSPS) is 12.4. The summed E-state index contributed by atoms with van der Waals surface area (Å²) in [6.07, 6.45) is 0.0403. The lowest BCUT2D eigenvalue weighted by atomic mass is 10.1. The number of benzene rings is 2. The number of hydrogen-bond acceptors (Lipinski definition) is 2. The Kier molecular flexibility index (Phi) is 7.66. The molecule has 7 heteroatoms. The van der Waals surface area contributed by atoms with Crippen molar-refractivity contribution in [3.05, 3.63) is 69.5 Å². The van der Waals surface area contributed by atoms with Gasteiger partial charge in [0.2, 0.25) is 11.8 Å². The lowest BCUT2D eigenvalue weighted by molar-refractivity contribution is -0.140. The van der Waals surface area contributed by atoms with Gasteiger partial charge in [0.15, 0.2) is 0 Å². The highest BCUT2D eigenvalue weighted by Crippen LogP contribution is 2.23. The predicted molar refractivity (Wildman–Crippen MR) is 114 cm³/mol. The number of rotatable bonds is 6. The molecule has 0 aromatic heterocycles. The van der Waals surface area contributed by atoms with Gasteiger partial charge in [-0.1, -0.05) is 41.4 Å². The maximum absolute atomic E-state index is 13.2. The van der Waals surface area contributed by atoms with Crippen molar-refractivity contribution < 1.29 is 14.0 Å². The number of nitrogens with one attached hydrogen (secondary N) is 1. The zero-order chi connectivity index (χ0) is 21.8. The molecular formula is C22H25Cl2FN2O2. The molecule has 29 heavy (non-hydrogen) atoms. The van der Waals surface area contributed by atoms with Crippen molar-refractivity contribution in [1.29, 1.82) is 0 Å². The molecule has 4 nitrogen and oxygen atoms in total. The molecule has 0 heterocycles. The van der Waals surface area contributed by atoms with E-state index in [0.717, 1.165) is 0 Å². The molecule has 1 unspecified atom stereocenters. The van der Waals surface area contributed by atoms with E-state index in [0.29, 0.717) is 21.2 Å². The van der Waals surface area contributed by atoms with Crippen molar-refractivity contribution >= 4 is 35.0 Å². The zero-order valence-electron chi connectivity index (χ0n) is 16.9. The highest BCUT2D eigenvalue weighted by molar-refractivity contribution is 6.35. The van der Waals surface area contributed by atoms with Crippen LogP contribution < -0.4 is 5.32 Å². The molecule has 0 fully saturated rings. The Labute approximate surface area is 181 Å². The summed E-state index contributed by atoms with van der Waals surface area (Å²) in [5.41, 5.74) is 0.903. The van der Waals surface area contributed by atoms with E-state index in [9.17, 15) is 14.0 Å². The first-order chi connectivity index (χ1) is 13.5. The summed E-state index contributed by atoms with van der Waals surface area (Å²) in [7, 11) is 0. The third kappa shape index (κ3) is 7.02. The van der Waals surface area contributed by atoms with Gasteiger partial charge in [0.1, 0.15) is 11.9 Å². The van der Waals surface area contributed by atoms with Crippen LogP contribution in [0.3, 0.4) is 0 Å². The Balaban J connectivity index is 2.29. The minimum absolute atomic E-state index is 0.0403. The largest absolute Gasteiger partial charge is 0.350 e. The summed E-state index contributed by atoms with van der Waals surface area (Å²) >= 11 is 12.2. The van der Waals surface area contributed by atoms with Gasteiger partial charge in [-0.2, -0.15) is 0 Å². The molecule has 0 aliphatic carbocycles. The summed E-state index contributed by atoms with van der Waals surface area (Å²) in [6, 6.07) is 10.0. The van der Waals surface area contributed by atoms with E-state index in [1.54, 1.807) is 37.3 Å². The van der Waals surface area contributed by atoms with Gasteiger partial charge in [-0.05, 0) is 63.1 Å². The molecule has 0 saturated carbocycles. The second kappa shape index (κ2) is 9.59. The van der Waals surface area contributed by atoms with E-state index in [2.05, 4.69) is 5.32 Å². The third-order valence-electron chi connectivity index (χ3n) is 4.29. The first-order valence-corrected chi connectivity index (χ1v) is 10.0. The van der Waals surface area contributed by atoms with Crippen molar-refractivity contribution in [3.8, 4) is 0 Å². The molecule has 2 rings (SSSR count). The fraction of sp³-hybridized carbons (Fsp3) is 0.364. The molecule has 0 aliphatic heterocycles. The van der Waals surface area contributed by atoms with Crippen LogP contribution in [0, 0.1) is 5.82 Å². The monoisotopic (exact) mass is 438 g/mol. The van der Waals surface area contributed by atoms with Crippen LogP contribution in [-0.4, -0.2) is 28.3 Å². The van der Waals surface area contributed by atoms with Crippen LogP contribution in [-0.2, 0) is 22.6 Å². The smallest absolute Gasteiger partial charge is 0.242 e. The lowest BCUT2D eigenvalue weighted by Crippen LogP contribution is -2.52. The van der Waals surface area contributed by atoms with E-state index in [4.69, 9.17) is 23.2 Å². The van der Waals surface area contributed by atoms with E-state index < -0.39 is 11.6 Å². The van der Waals surface area contributed by atoms with Gasteiger partial charge in [-0.25, -0.2) is 4.39 Å². The minimum Gasteiger partial charge on any atom is -0.350 e. The molecule has 2 amide bonds. The number of carbonyl (C=O) groups is 2. The molecule has 156 valence electrons. The second-order valence-corrected chi connectivity index (χ2v) is 8.82. The van der Waals surface area contributed by atoms with E-state index >= 15 is 0 Å². The van der Waals surface area contributed by atoms with Crippen LogP contribution in [0.15, 0.2) is 42.5 Å². The quantitative estimate of drug-likeness (QED) is 0.688. The van der Waals surface area contributed by atoms with Crippen LogP contribution in [0.2, 0.25) is 10.0 Å². The molecule has 0 aliphatic rings. The Morgan fingerprint density at radius 3 is 2.28 bits per heavy atom. The molecule has 2 aromatic rings. The van der Waals surface area contributed by atoms with Gasteiger partial charge >= 0.3 is 0 Å².